The highest BCUT2D eigenvalue weighted by molar-refractivity contribution is 7.99. The van der Waals surface area contributed by atoms with Gasteiger partial charge in [-0.1, -0.05) is 0 Å². The lowest BCUT2D eigenvalue weighted by atomic mass is 9.75. The topological polar surface area (TPSA) is 29.5 Å². The highest BCUT2D eigenvalue weighted by Gasteiger charge is 2.41. The van der Waals surface area contributed by atoms with Crippen LogP contribution in [0.2, 0.25) is 0 Å². The minimum Gasteiger partial charge on any atom is -0.392 e. The number of aliphatic hydroxyl groups excluding tert-OH is 1. The Balaban J connectivity index is 2.04. The Morgan fingerprint density at radius 2 is 2.08 bits per heavy atom. The molecule has 1 spiro atoms. The van der Waals surface area contributed by atoms with E-state index in [-0.39, 0.29) is 11.5 Å². The van der Waals surface area contributed by atoms with Crippen LogP contribution in [0.4, 0.5) is 0 Å². The van der Waals surface area contributed by atoms with E-state index in [9.17, 15) is 5.11 Å². The molecule has 12 heavy (non-hydrogen) atoms. The van der Waals surface area contributed by atoms with Crippen LogP contribution in [-0.4, -0.2) is 35.9 Å². The SMILES string of the molecule is OC1CCOCC12CCSCC2. The number of hydrogen-bond donors (Lipinski definition) is 1. The highest BCUT2D eigenvalue weighted by Crippen LogP contribution is 2.41. The zero-order valence-electron chi connectivity index (χ0n) is 7.29. The molecule has 0 radical (unpaired) electrons. The molecule has 0 aliphatic carbocycles. The Labute approximate surface area is 77.7 Å². The molecule has 0 bridgehead atoms. The fourth-order valence-electron chi connectivity index (χ4n) is 2.13. The Morgan fingerprint density at radius 3 is 2.75 bits per heavy atom. The molecule has 2 aliphatic heterocycles. The molecule has 0 aromatic rings. The lowest BCUT2D eigenvalue weighted by Crippen LogP contribution is -2.46. The maximum Gasteiger partial charge on any atom is 0.0641 e. The van der Waals surface area contributed by atoms with Gasteiger partial charge in [0.25, 0.3) is 0 Å². The number of ether oxygens (including phenoxy) is 1. The van der Waals surface area contributed by atoms with Gasteiger partial charge >= 0.3 is 0 Å². The van der Waals surface area contributed by atoms with Crippen LogP contribution < -0.4 is 0 Å². The molecule has 2 heterocycles. The summed E-state index contributed by atoms with van der Waals surface area (Å²) < 4.78 is 5.46. The van der Waals surface area contributed by atoms with Crippen molar-refractivity contribution in [2.75, 3.05) is 24.7 Å². The van der Waals surface area contributed by atoms with E-state index in [0.29, 0.717) is 0 Å². The van der Waals surface area contributed by atoms with Crippen molar-refractivity contribution in [1.29, 1.82) is 0 Å². The van der Waals surface area contributed by atoms with E-state index in [1.54, 1.807) is 0 Å². The molecule has 3 heteroatoms. The van der Waals surface area contributed by atoms with Gasteiger partial charge in [-0.2, -0.15) is 11.8 Å². The third kappa shape index (κ3) is 1.50. The number of rotatable bonds is 0. The Morgan fingerprint density at radius 1 is 1.33 bits per heavy atom. The first-order chi connectivity index (χ1) is 5.83. The van der Waals surface area contributed by atoms with Gasteiger partial charge in [0, 0.05) is 12.0 Å². The summed E-state index contributed by atoms with van der Waals surface area (Å²) in [5.74, 6) is 2.39. The standard InChI is InChI=1S/C9H16O2S/c10-8-1-4-11-7-9(8)2-5-12-6-3-9/h8,10H,1-7H2. The average molecular weight is 188 g/mol. The van der Waals surface area contributed by atoms with E-state index in [1.807, 2.05) is 11.8 Å². The Kier molecular flexibility index (Phi) is 2.63. The summed E-state index contributed by atoms with van der Waals surface area (Å²) in [6.07, 6.45) is 3.01. The second-order valence-corrected chi connectivity index (χ2v) is 5.06. The van der Waals surface area contributed by atoms with Crippen LogP contribution in [0.25, 0.3) is 0 Å². The summed E-state index contributed by atoms with van der Waals surface area (Å²) in [5, 5.41) is 9.90. The van der Waals surface area contributed by atoms with Gasteiger partial charge in [-0.3, -0.25) is 0 Å². The summed E-state index contributed by atoms with van der Waals surface area (Å²) in [6, 6.07) is 0. The first-order valence-electron chi connectivity index (χ1n) is 4.67. The van der Waals surface area contributed by atoms with Gasteiger partial charge in [0.1, 0.15) is 0 Å². The van der Waals surface area contributed by atoms with Crippen molar-refractivity contribution in [2.24, 2.45) is 5.41 Å². The maximum absolute atomic E-state index is 9.90. The quantitative estimate of drug-likeness (QED) is 0.621. The number of hydrogen-bond acceptors (Lipinski definition) is 3. The van der Waals surface area contributed by atoms with Crippen LogP contribution in [0.3, 0.4) is 0 Å². The van der Waals surface area contributed by atoms with Crippen molar-refractivity contribution >= 4 is 11.8 Å². The van der Waals surface area contributed by atoms with Crippen molar-refractivity contribution in [3.63, 3.8) is 0 Å². The monoisotopic (exact) mass is 188 g/mol. The van der Waals surface area contributed by atoms with Crippen molar-refractivity contribution in [3.05, 3.63) is 0 Å². The molecule has 2 nitrogen and oxygen atoms in total. The minimum absolute atomic E-state index is 0.104. The fourth-order valence-corrected chi connectivity index (χ4v) is 3.43. The zero-order valence-corrected chi connectivity index (χ0v) is 8.11. The first kappa shape index (κ1) is 8.85. The van der Waals surface area contributed by atoms with Crippen LogP contribution in [0, 0.1) is 5.41 Å². The zero-order chi connectivity index (χ0) is 8.44. The summed E-state index contributed by atoms with van der Waals surface area (Å²) in [7, 11) is 0. The van der Waals surface area contributed by atoms with Gasteiger partial charge in [-0.05, 0) is 30.8 Å². The van der Waals surface area contributed by atoms with E-state index in [0.717, 1.165) is 32.5 Å². The first-order valence-corrected chi connectivity index (χ1v) is 5.83. The lowest BCUT2D eigenvalue weighted by Gasteiger charge is -2.43. The van der Waals surface area contributed by atoms with Crippen molar-refractivity contribution < 1.29 is 9.84 Å². The van der Waals surface area contributed by atoms with Gasteiger partial charge in [-0.25, -0.2) is 0 Å². The van der Waals surface area contributed by atoms with E-state index >= 15 is 0 Å². The summed E-state index contributed by atoms with van der Waals surface area (Å²) in [6.45, 7) is 1.53. The van der Waals surface area contributed by atoms with Crippen LogP contribution in [0.1, 0.15) is 19.3 Å². The van der Waals surface area contributed by atoms with E-state index in [2.05, 4.69) is 0 Å². The summed E-state index contributed by atoms with van der Waals surface area (Å²) >= 11 is 2.00. The van der Waals surface area contributed by atoms with Crippen LogP contribution in [0.5, 0.6) is 0 Å². The second-order valence-electron chi connectivity index (χ2n) is 3.83. The molecular formula is C9H16O2S. The number of thioether (sulfide) groups is 1. The van der Waals surface area contributed by atoms with Crippen LogP contribution in [0.15, 0.2) is 0 Å². The van der Waals surface area contributed by atoms with Gasteiger partial charge in [-0.15, -0.1) is 0 Å². The molecule has 1 atom stereocenters. The molecule has 70 valence electrons. The Hall–Kier alpha value is 0.270. The van der Waals surface area contributed by atoms with Gasteiger partial charge in [0.15, 0.2) is 0 Å². The summed E-state index contributed by atoms with van der Waals surface area (Å²) in [5.41, 5.74) is 0.128. The molecule has 2 fully saturated rings. The largest absolute Gasteiger partial charge is 0.392 e. The highest BCUT2D eigenvalue weighted by atomic mass is 32.2. The molecule has 1 unspecified atom stereocenters. The van der Waals surface area contributed by atoms with E-state index < -0.39 is 0 Å². The van der Waals surface area contributed by atoms with Gasteiger partial charge in [0.05, 0.1) is 12.7 Å². The molecule has 0 aromatic carbocycles. The lowest BCUT2D eigenvalue weighted by molar-refractivity contribution is -0.103. The molecule has 2 saturated heterocycles. The Bertz CT molecular complexity index is 146. The molecule has 0 amide bonds. The predicted molar refractivity (Wildman–Crippen MR) is 50.4 cm³/mol. The average Bonchev–Trinajstić information content (AvgIpc) is 2.12. The van der Waals surface area contributed by atoms with E-state index in [4.69, 9.17) is 4.74 Å². The molecule has 2 rings (SSSR count). The second kappa shape index (κ2) is 3.56. The molecule has 1 N–H and O–H groups in total. The normalized spacial score (nSPS) is 35.2. The third-order valence-electron chi connectivity index (χ3n) is 3.12. The maximum atomic E-state index is 9.90. The van der Waals surface area contributed by atoms with Gasteiger partial charge in [0.2, 0.25) is 0 Å². The minimum atomic E-state index is -0.104. The van der Waals surface area contributed by atoms with Crippen molar-refractivity contribution in [3.8, 4) is 0 Å². The smallest absolute Gasteiger partial charge is 0.0641 e. The van der Waals surface area contributed by atoms with Gasteiger partial charge < -0.3 is 9.84 Å². The summed E-state index contributed by atoms with van der Waals surface area (Å²) in [4.78, 5) is 0. The number of aliphatic hydroxyl groups is 1. The van der Waals surface area contributed by atoms with Crippen LogP contribution in [-0.2, 0) is 4.74 Å². The molecule has 0 saturated carbocycles. The fraction of sp³-hybridized carbons (Fsp3) is 1.00. The third-order valence-corrected chi connectivity index (χ3v) is 4.11. The molecule has 0 aromatic heterocycles. The molecule has 2 aliphatic rings. The van der Waals surface area contributed by atoms with Crippen LogP contribution >= 0.6 is 11.8 Å². The van der Waals surface area contributed by atoms with Crippen molar-refractivity contribution in [1.82, 2.24) is 0 Å². The predicted octanol–water partition coefficient (Wildman–Crippen LogP) is 1.28. The molecular weight excluding hydrogens is 172 g/mol. The van der Waals surface area contributed by atoms with Crippen molar-refractivity contribution in [2.45, 2.75) is 25.4 Å². The van der Waals surface area contributed by atoms with E-state index in [1.165, 1.54) is 11.5 Å².